The highest BCUT2D eigenvalue weighted by Gasteiger charge is 2.44. The Kier molecular flexibility index (Phi) is 3.70. The molecular weight excluding hydrogens is 256 g/mol. The number of hydrogen-bond acceptors (Lipinski definition) is 3. The largest absolute Gasteiger partial charge is 0.480 e. The van der Waals surface area contributed by atoms with E-state index >= 15 is 0 Å². The van der Waals surface area contributed by atoms with Crippen molar-refractivity contribution in [2.45, 2.75) is 32.7 Å². The number of hydrogen-bond donors (Lipinski definition) is 2. The molecule has 20 heavy (non-hydrogen) atoms. The van der Waals surface area contributed by atoms with Crippen molar-refractivity contribution < 1.29 is 14.7 Å². The molecule has 1 saturated heterocycles. The van der Waals surface area contributed by atoms with Gasteiger partial charge in [-0.15, -0.1) is 0 Å². The maximum Gasteiger partial charge on any atom is 0.326 e. The van der Waals surface area contributed by atoms with Crippen LogP contribution in [0.2, 0.25) is 0 Å². The molecule has 1 amide bonds. The summed E-state index contributed by atoms with van der Waals surface area (Å²) in [5, 5.41) is 9.47. The molecule has 0 aromatic heterocycles. The Morgan fingerprint density at radius 1 is 1.30 bits per heavy atom. The first-order valence-electron chi connectivity index (χ1n) is 6.72. The van der Waals surface area contributed by atoms with Gasteiger partial charge in [0.05, 0.1) is 0 Å². The van der Waals surface area contributed by atoms with E-state index in [0.29, 0.717) is 17.8 Å². The third-order valence-corrected chi connectivity index (χ3v) is 3.92. The number of carboxylic acid groups (broad SMARTS) is 1. The van der Waals surface area contributed by atoms with Crippen molar-refractivity contribution in [2.75, 3.05) is 12.3 Å². The predicted octanol–water partition coefficient (Wildman–Crippen LogP) is 1.98. The fourth-order valence-electron chi connectivity index (χ4n) is 2.87. The number of nitrogens with zero attached hydrogens (tertiary/aromatic N) is 1. The van der Waals surface area contributed by atoms with Crippen molar-refractivity contribution in [1.82, 2.24) is 4.90 Å². The second-order valence-electron chi connectivity index (χ2n) is 5.95. The molecule has 5 nitrogen and oxygen atoms in total. The van der Waals surface area contributed by atoms with Crippen molar-refractivity contribution in [2.24, 2.45) is 5.41 Å². The Bertz CT molecular complexity index is 522. The van der Waals surface area contributed by atoms with E-state index in [2.05, 4.69) is 0 Å². The van der Waals surface area contributed by atoms with Crippen LogP contribution < -0.4 is 5.73 Å². The lowest BCUT2D eigenvalue weighted by Gasteiger charge is -2.44. The van der Waals surface area contributed by atoms with Gasteiger partial charge in [0.25, 0.3) is 5.91 Å². The van der Waals surface area contributed by atoms with E-state index in [-0.39, 0.29) is 5.91 Å². The van der Waals surface area contributed by atoms with Gasteiger partial charge >= 0.3 is 5.97 Å². The second-order valence-corrected chi connectivity index (χ2v) is 5.95. The SMILES string of the molecule is CC1(C)CCCN(C(=O)c2ccc(N)cc2)C1C(=O)O. The summed E-state index contributed by atoms with van der Waals surface area (Å²) in [7, 11) is 0. The van der Waals surface area contributed by atoms with Gasteiger partial charge in [-0.3, -0.25) is 4.79 Å². The molecule has 1 unspecified atom stereocenters. The van der Waals surface area contributed by atoms with Gasteiger partial charge in [-0.2, -0.15) is 0 Å². The van der Waals surface area contributed by atoms with Crippen LogP contribution in [-0.2, 0) is 4.79 Å². The summed E-state index contributed by atoms with van der Waals surface area (Å²) in [5.41, 5.74) is 6.24. The van der Waals surface area contributed by atoms with Gasteiger partial charge in [0.15, 0.2) is 0 Å². The highest BCUT2D eigenvalue weighted by Crippen LogP contribution is 2.36. The van der Waals surface area contributed by atoms with Gasteiger partial charge in [-0.1, -0.05) is 13.8 Å². The minimum Gasteiger partial charge on any atom is -0.480 e. The summed E-state index contributed by atoms with van der Waals surface area (Å²) >= 11 is 0. The molecule has 1 heterocycles. The fourth-order valence-corrected chi connectivity index (χ4v) is 2.87. The fraction of sp³-hybridized carbons (Fsp3) is 0.467. The van der Waals surface area contributed by atoms with Crippen LogP contribution in [0.1, 0.15) is 37.0 Å². The average Bonchev–Trinajstić information content (AvgIpc) is 2.36. The molecule has 1 aliphatic rings. The number of nitrogens with two attached hydrogens (primary N) is 1. The molecule has 0 aliphatic carbocycles. The first kappa shape index (κ1) is 14.4. The van der Waals surface area contributed by atoms with Gasteiger partial charge in [-0.05, 0) is 42.5 Å². The number of amides is 1. The Hall–Kier alpha value is -2.04. The van der Waals surface area contributed by atoms with E-state index in [4.69, 9.17) is 5.73 Å². The summed E-state index contributed by atoms with van der Waals surface area (Å²) in [4.78, 5) is 25.6. The minimum absolute atomic E-state index is 0.245. The van der Waals surface area contributed by atoms with Crippen LogP contribution >= 0.6 is 0 Å². The lowest BCUT2D eigenvalue weighted by atomic mass is 9.76. The Morgan fingerprint density at radius 2 is 1.90 bits per heavy atom. The first-order chi connectivity index (χ1) is 9.33. The average molecular weight is 276 g/mol. The molecule has 2 rings (SSSR count). The Morgan fingerprint density at radius 3 is 2.45 bits per heavy atom. The zero-order valence-corrected chi connectivity index (χ0v) is 11.8. The van der Waals surface area contributed by atoms with Crippen LogP contribution in [0.15, 0.2) is 24.3 Å². The van der Waals surface area contributed by atoms with Gasteiger partial charge in [0, 0.05) is 17.8 Å². The minimum atomic E-state index is -0.946. The number of aliphatic carboxylic acids is 1. The molecule has 0 spiro atoms. The highest BCUT2D eigenvalue weighted by atomic mass is 16.4. The maximum absolute atomic E-state index is 12.5. The first-order valence-corrected chi connectivity index (χ1v) is 6.72. The second kappa shape index (κ2) is 5.15. The van der Waals surface area contributed by atoms with E-state index in [1.807, 2.05) is 13.8 Å². The van der Waals surface area contributed by atoms with E-state index in [1.54, 1.807) is 24.3 Å². The van der Waals surface area contributed by atoms with Crippen LogP contribution in [-0.4, -0.2) is 34.5 Å². The quantitative estimate of drug-likeness (QED) is 0.809. The number of likely N-dealkylation sites (tertiary alicyclic amines) is 1. The molecule has 0 bridgehead atoms. The summed E-state index contributed by atoms with van der Waals surface area (Å²) in [6.07, 6.45) is 1.62. The Labute approximate surface area is 118 Å². The van der Waals surface area contributed by atoms with E-state index < -0.39 is 17.4 Å². The van der Waals surface area contributed by atoms with Crippen LogP contribution in [0.25, 0.3) is 0 Å². The van der Waals surface area contributed by atoms with Gasteiger partial charge in [0.1, 0.15) is 6.04 Å². The zero-order chi connectivity index (χ0) is 14.9. The lowest BCUT2D eigenvalue weighted by Crippen LogP contribution is -2.56. The summed E-state index contributed by atoms with van der Waals surface area (Å²) in [5.74, 6) is -1.19. The molecule has 5 heteroatoms. The normalized spacial score (nSPS) is 21.5. The number of carbonyl (C=O) groups is 2. The summed E-state index contributed by atoms with van der Waals surface area (Å²) in [6.45, 7) is 4.27. The van der Waals surface area contributed by atoms with Crippen LogP contribution in [0.5, 0.6) is 0 Å². The molecule has 0 radical (unpaired) electrons. The molecule has 1 aromatic rings. The zero-order valence-electron chi connectivity index (χ0n) is 11.8. The van der Waals surface area contributed by atoms with Crippen LogP contribution in [0.4, 0.5) is 5.69 Å². The number of carbonyl (C=O) groups excluding carboxylic acids is 1. The molecule has 1 atom stereocenters. The van der Waals surface area contributed by atoms with Gasteiger partial charge in [0.2, 0.25) is 0 Å². The molecule has 1 aliphatic heterocycles. The number of benzene rings is 1. The molecule has 3 N–H and O–H groups in total. The van der Waals surface area contributed by atoms with Crippen molar-refractivity contribution in [3.63, 3.8) is 0 Å². The molecular formula is C15H20N2O3. The standard InChI is InChI=1S/C15H20N2O3/c1-15(2)8-3-9-17(12(15)14(19)20)13(18)10-4-6-11(16)7-5-10/h4-7,12H,3,8-9,16H2,1-2H3,(H,19,20). The third-order valence-electron chi connectivity index (χ3n) is 3.92. The maximum atomic E-state index is 12.5. The van der Waals surface area contributed by atoms with Crippen LogP contribution in [0.3, 0.4) is 0 Å². The molecule has 1 fully saturated rings. The van der Waals surface area contributed by atoms with Gasteiger partial charge in [-0.25, -0.2) is 4.79 Å². The Balaban J connectivity index is 2.31. The number of carboxylic acids is 1. The molecule has 108 valence electrons. The summed E-state index contributed by atoms with van der Waals surface area (Å²) < 4.78 is 0. The number of rotatable bonds is 2. The van der Waals surface area contributed by atoms with Crippen molar-refractivity contribution in [1.29, 1.82) is 0 Å². The number of anilines is 1. The van der Waals surface area contributed by atoms with E-state index in [0.717, 1.165) is 12.8 Å². The molecule has 1 aromatic carbocycles. The lowest BCUT2D eigenvalue weighted by molar-refractivity contribution is -0.148. The topological polar surface area (TPSA) is 83.6 Å². The third kappa shape index (κ3) is 2.61. The van der Waals surface area contributed by atoms with Crippen molar-refractivity contribution in [3.05, 3.63) is 29.8 Å². The number of nitrogen functional groups attached to an aromatic ring is 1. The van der Waals surface area contributed by atoms with Crippen LogP contribution in [0, 0.1) is 5.41 Å². The smallest absolute Gasteiger partial charge is 0.326 e. The predicted molar refractivity (Wildman–Crippen MR) is 76.3 cm³/mol. The van der Waals surface area contributed by atoms with E-state index in [9.17, 15) is 14.7 Å². The van der Waals surface area contributed by atoms with Gasteiger partial charge < -0.3 is 15.7 Å². The van der Waals surface area contributed by atoms with E-state index in [1.165, 1.54) is 4.90 Å². The monoisotopic (exact) mass is 276 g/mol. The number of piperidine rings is 1. The van der Waals surface area contributed by atoms with Crippen molar-refractivity contribution in [3.8, 4) is 0 Å². The highest BCUT2D eigenvalue weighted by molar-refractivity contribution is 5.97. The molecule has 0 saturated carbocycles. The summed E-state index contributed by atoms with van der Waals surface area (Å²) in [6, 6.07) is 5.79. The van der Waals surface area contributed by atoms with Crippen molar-refractivity contribution >= 4 is 17.6 Å².